The fraction of sp³-hybridized carbons (Fsp3) is 0.231. The molecule has 3 aromatic heterocycles. The lowest BCUT2D eigenvalue weighted by Gasteiger charge is -2.36. The number of hydrogen-bond acceptors (Lipinski definition) is 7. The molecule has 1 aliphatic rings. The standard InChI is InChI=1S/C26H25ClN8/c27-20-4-3-5-21(18-20)34-16-14-33(15-17-34)13-12-29-26-30-23-7-2-1-6-22(23)25-31-24(32-35(25)26)19-8-10-28-11-9-19/h1-11,18H,12-17H2,(H,29,30). The van der Waals surface area contributed by atoms with Gasteiger partial charge in [-0.05, 0) is 42.5 Å². The summed E-state index contributed by atoms with van der Waals surface area (Å²) in [7, 11) is 0. The van der Waals surface area contributed by atoms with E-state index >= 15 is 0 Å². The van der Waals surface area contributed by atoms with Crippen LogP contribution in [-0.2, 0) is 0 Å². The van der Waals surface area contributed by atoms with E-state index in [-0.39, 0.29) is 0 Å². The average molecular weight is 485 g/mol. The van der Waals surface area contributed by atoms with Gasteiger partial charge < -0.3 is 10.2 Å². The highest BCUT2D eigenvalue weighted by Crippen LogP contribution is 2.24. The Labute approximate surface area is 208 Å². The van der Waals surface area contributed by atoms with Crippen molar-refractivity contribution in [3.8, 4) is 11.4 Å². The van der Waals surface area contributed by atoms with Gasteiger partial charge in [0.05, 0.1) is 5.52 Å². The van der Waals surface area contributed by atoms with Crippen molar-refractivity contribution in [2.45, 2.75) is 0 Å². The summed E-state index contributed by atoms with van der Waals surface area (Å²) >= 11 is 6.17. The van der Waals surface area contributed by atoms with Gasteiger partial charge in [-0.25, -0.2) is 9.97 Å². The molecule has 9 heteroatoms. The first kappa shape index (κ1) is 21.8. The number of hydrogen-bond donors (Lipinski definition) is 1. The van der Waals surface area contributed by atoms with Crippen LogP contribution in [0.3, 0.4) is 0 Å². The van der Waals surface area contributed by atoms with Gasteiger partial charge in [0, 0.05) is 73.3 Å². The van der Waals surface area contributed by atoms with Crippen LogP contribution in [0.2, 0.25) is 5.02 Å². The SMILES string of the molecule is Clc1cccc(N2CCN(CCNc3nc4ccccc4c4nc(-c5ccncc5)nn34)CC2)c1. The summed E-state index contributed by atoms with van der Waals surface area (Å²) in [5.41, 5.74) is 3.80. The van der Waals surface area contributed by atoms with Gasteiger partial charge in [0.2, 0.25) is 5.95 Å². The van der Waals surface area contributed by atoms with Crippen molar-refractivity contribution in [1.82, 2.24) is 29.5 Å². The minimum absolute atomic E-state index is 0.658. The minimum Gasteiger partial charge on any atom is -0.369 e. The van der Waals surface area contributed by atoms with Crippen LogP contribution in [0, 0.1) is 0 Å². The summed E-state index contributed by atoms with van der Waals surface area (Å²) in [5.74, 6) is 1.36. The maximum absolute atomic E-state index is 6.17. The number of benzene rings is 2. The molecule has 35 heavy (non-hydrogen) atoms. The molecule has 8 nitrogen and oxygen atoms in total. The van der Waals surface area contributed by atoms with Crippen LogP contribution < -0.4 is 10.2 Å². The number of pyridine rings is 1. The molecule has 0 spiro atoms. The molecule has 6 rings (SSSR count). The Morgan fingerprint density at radius 3 is 2.54 bits per heavy atom. The second kappa shape index (κ2) is 9.48. The number of aromatic nitrogens is 5. The number of halogens is 1. The lowest BCUT2D eigenvalue weighted by Crippen LogP contribution is -2.47. The highest BCUT2D eigenvalue weighted by Gasteiger charge is 2.18. The van der Waals surface area contributed by atoms with Gasteiger partial charge in [0.25, 0.3) is 0 Å². The maximum atomic E-state index is 6.17. The van der Waals surface area contributed by atoms with Crippen LogP contribution in [0.5, 0.6) is 0 Å². The van der Waals surface area contributed by atoms with Crippen molar-refractivity contribution in [1.29, 1.82) is 0 Å². The van der Waals surface area contributed by atoms with Crippen molar-refractivity contribution in [2.75, 3.05) is 49.5 Å². The molecule has 0 aliphatic carbocycles. The molecule has 1 N–H and O–H groups in total. The second-order valence-electron chi connectivity index (χ2n) is 8.59. The van der Waals surface area contributed by atoms with Gasteiger partial charge in [-0.1, -0.05) is 29.8 Å². The molecule has 0 radical (unpaired) electrons. The van der Waals surface area contributed by atoms with E-state index in [2.05, 4.69) is 26.2 Å². The summed E-state index contributed by atoms with van der Waals surface area (Å²) in [6.07, 6.45) is 3.51. The van der Waals surface area contributed by atoms with Crippen molar-refractivity contribution in [3.05, 3.63) is 78.1 Å². The Morgan fingerprint density at radius 2 is 1.71 bits per heavy atom. The Bertz CT molecular complexity index is 1460. The molecule has 1 aliphatic heterocycles. The summed E-state index contributed by atoms with van der Waals surface area (Å²) in [4.78, 5) is 18.6. The zero-order valence-corrected chi connectivity index (χ0v) is 19.9. The van der Waals surface area contributed by atoms with E-state index in [4.69, 9.17) is 26.7 Å². The van der Waals surface area contributed by atoms with Crippen LogP contribution in [0.1, 0.15) is 0 Å². The fourth-order valence-corrected chi connectivity index (χ4v) is 4.71. The third-order valence-electron chi connectivity index (χ3n) is 6.37. The Morgan fingerprint density at radius 1 is 0.886 bits per heavy atom. The number of nitrogens with one attached hydrogen (secondary N) is 1. The van der Waals surface area contributed by atoms with E-state index in [1.807, 2.05) is 59.1 Å². The molecule has 2 aromatic carbocycles. The Hall–Kier alpha value is -3.75. The summed E-state index contributed by atoms with van der Waals surface area (Å²) in [6.45, 7) is 5.66. The molecule has 0 saturated carbocycles. The van der Waals surface area contributed by atoms with Crippen LogP contribution >= 0.6 is 11.6 Å². The third-order valence-corrected chi connectivity index (χ3v) is 6.61. The maximum Gasteiger partial charge on any atom is 0.226 e. The summed E-state index contributed by atoms with van der Waals surface area (Å²) < 4.78 is 1.81. The molecule has 1 fully saturated rings. The lowest BCUT2D eigenvalue weighted by molar-refractivity contribution is 0.267. The van der Waals surface area contributed by atoms with Crippen molar-refractivity contribution in [3.63, 3.8) is 0 Å². The van der Waals surface area contributed by atoms with Crippen molar-refractivity contribution < 1.29 is 0 Å². The highest BCUT2D eigenvalue weighted by molar-refractivity contribution is 6.30. The number of fused-ring (bicyclic) bond motifs is 3. The summed E-state index contributed by atoms with van der Waals surface area (Å²) in [5, 5.41) is 10.0. The number of nitrogens with zero attached hydrogens (tertiary/aromatic N) is 7. The summed E-state index contributed by atoms with van der Waals surface area (Å²) in [6, 6.07) is 20.0. The van der Waals surface area contributed by atoms with Crippen molar-refractivity contribution in [2.24, 2.45) is 0 Å². The average Bonchev–Trinajstić information content (AvgIpc) is 3.36. The zero-order chi connectivity index (χ0) is 23.6. The third kappa shape index (κ3) is 4.50. The van der Waals surface area contributed by atoms with Gasteiger partial charge in [-0.3, -0.25) is 9.88 Å². The Kier molecular flexibility index (Phi) is 5.89. The van der Waals surface area contributed by atoms with Crippen LogP contribution in [-0.4, -0.2) is 68.7 Å². The molecule has 1 saturated heterocycles. The zero-order valence-electron chi connectivity index (χ0n) is 19.2. The highest BCUT2D eigenvalue weighted by atomic mass is 35.5. The first-order valence-corrected chi connectivity index (χ1v) is 12.1. The van der Waals surface area contributed by atoms with Gasteiger partial charge in [-0.2, -0.15) is 4.52 Å². The smallest absolute Gasteiger partial charge is 0.226 e. The van der Waals surface area contributed by atoms with E-state index < -0.39 is 0 Å². The van der Waals surface area contributed by atoms with E-state index in [1.165, 1.54) is 5.69 Å². The first-order valence-electron chi connectivity index (χ1n) is 11.8. The quantitative estimate of drug-likeness (QED) is 0.386. The van der Waals surface area contributed by atoms with Gasteiger partial charge >= 0.3 is 0 Å². The minimum atomic E-state index is 0.658. The van der Waals surface area contributed by atoms with E-state index in [0.717, 1.165) is 66.4 Å². The first-order chi connectivity index (χ1) is 17.2. The van der Waals surface area contributed by atoms with Gasteiger partial charge in [0.15, 0.2) is 11.5 Å². The topological polar surface area (TPSA) is 74.5 Å². The molecule has 0 amide bonds. The number of piperazine rings is 1. The second-order valence-corrected chi connectivity index (χ2v) is 9.03. The molecule has 0 unspecified atom stereocenters. The number of anilines is 2. The largest absolute Gasteiger partial charge is 0.369 e. The lowest BCUT2D eigenvalue weighted by atomic mass is 10.2. The molecular formula is C26H25ClN8. The van der Waals surface area contributed by atoms with Crippen LogP contribution in [0.15, 0.2) is 73.1 Å². The number of rotatable bonds is 6. The predicted octanol–water partition coefficient (Wildman–Crippen LogP) is 4.23. The van der Waals surface area contributed by atoms with Crippen molar-refractivity contribution >= 4 is 39.8 Å². The molecule has 5 aromatic rings. The fourth-order valence-electron chi connectivity index (χ4n) is 4.52. The molecular weight excluding hydrogens is 460 g/mol. The molecule has 4 heterocycles. The van der Waals surface area contributed by atoms with Gasteiger partial charge in [0.1, 0.15) is 0 Å². The monoisotopic (exact) mass is 484 g/mol. The molecule has 0 bridgehead atoms. The van der Waals surface area contributed by atoms with Crippen LogP contribution in [0.4, 0.5) is 11.6 Å². The molecule has 176 valence electrons. The predicted molar refractivity (Wildman–Crippen MR) is 140 cm³/mol. The Balaban J connectivity index is 1.17. The van der Waals surface area contributed by atoms with E-state index in [9.17, 15) is 0 Å². The normalized spacial score (nSPS) is 14.6. The van der Waals surface area contributed by atoms with Gasteiger partial charge in [-0.15, -0.1) is 5.10 Å². The van der Waals surface area contributed by atoms with E-state index in [0.29, 0.717) is 11.8 Å². The van der Waals surface area contributed by atoms with Crippen LogP contribution in [0.25, 0.3) is 27.9 Å². The number of para-hydroxylation sites is 1. The van der Waals surface area contributed by atoms with E-state index in [1.54, 1.807) is 12.4 Å². The molecule has 0 atom stereocenters.